The van der Waals surface area contributed by atoms with Crippen molar-refractivity contribution in [3.8, 4) is 5.75 Å². The number of hydrogen-bond acceptors (Lipinski definition) is 4. The number of rotatable bonds is 7. The minimum absolute atomic E-state index is 0.0133. The van der Waals surface area contributed by atoms with Crippen molar-refractivity contribution in [1.29, 1.82) is 0 Å². The first-order valence-corrected chi connectivity index (χ1v) is 10.0. The smallest absolute Gasteiger partial charge is 0.243 e. The first-order valence-electron chi connectivity index (χ1n) is 9.64. The third kappa shape index (κ3) is 5.49. The predicted octanol–water partition coefficient (Wildman–Crippen LogP) is 3.58. The summed E-state index contributed by atoms with van der Waals surface area (Å²) < 4.78 is 5.15. The Kier molecular flexibility index (Phi) is 7.12. The topological polar surface area (TPSA) is 61.9 Å². The summed E-state index contributed by atoms with van der Waals surface area (Å²) in [6, 6.07) is 15.0. The molecule has 0 bridgehead atoms. The van der Waals surface area contributed by atoms with Crippen LogP contribution in [0.3, 0.4) is 0 Å². The van der Waals surface area contributed by atoms with Crippen LogP contribution in [0.4, 0.5) is 5.69 Å². The molecule has 2 aromatic carbocycles. The van der Waals surface area contributed by atoms with Crippen LogP contribution in [-0.4, -0.2) is 55.4 Å². The van der Waals surface area contributed by atoms with E-state index in [1.165, 1.54) is 4.90 Å². The molecule has 1 atom stereocenters. The molecule has 1 saturated heterocycles. The molecule has 154 valence electrons. The van der Waals surface area contributed by atoms with Crippen molar-refractivity contribution < 1.29 is 14.3 Å². The van der Waals surface area contributed by atoms with Crippen LogP contribution in [0.5, 0.6) is 5.75 Å². The van der Waals surface area contributed by atoms with Crippen LogP contribution in [0.15, 0.2) is 48.5 Å². The maximum atomic E-state index is 12.7. The van der Waals surface area contributed by atoms with E-state index < -0.39 is 0 Å². The van der Waals surface area contributed by atoms with Gasteiger partial charge < -0.3 is 15.0 Å². The Morgan fingerprint density at radius 3 is 2.79 bits per heavy atom. The number of likely N-dealkylation sites (N-methyl/N-ethyl adjacent to an activating group) is 1. The molecule has 2 aromatic rings. The average Bonchev–Trinajstić information content (AvgIpc) is 3.16. The highest BCUT2D eigenvalue weighted by Gasteiger charge is 2.29. The summed E-state index contributed by atoms with van der Waals surface area (Å²) in [5.74, 6) is 0.315. The normalized spacial score (nSPS) is 16.4. The van der Waals surface area contributed by atoms with Gasteiger partial charge >= 0.3 is 0 Å². The number of halogens is 1. The van der Waals surface area contributed by atoms with E-state index in [-0.39, 0.29) is 30.9 Å². The van der Waals surface area contributed by atoms with Crippen molar-refractivity contribution in [2.24, 2.45) is 0 Å². The molecular formula is C22H26ClN3O3. The molecule has 0 saturated carbocycles. The Bertz CT molecular complexity index is 874. The molecule has 0 radical (unpaired) electrons. The number of ether oxygens (including phenoxy) is 1. The second-order valence-electron chi connectivity index (χ2n) is 7.18. The Hall–Kier alpha value is -2.57. The number of anilines is 1. The zero-order valence-electron chi connectivity index (χ0n) is 16.7. The average molecular weight is 416 g/mol. The Morgan fingerprint density at radius 2 is 2.03 bits per heavy atom. The monoisotopic (exact) mass is 415 g/mol. The first-order chi connectivity index (χ1) is 14.0. The third-order valence-electron chi connectivity index (χ3n) is 5.13. The lowest BCUT2D eigenvalue weighted by atomic mass is 10.0. The number of nitrogens with one attached hydrogen (secondary N) is 1. The summed E-state index contributed by atoms with van der Waals surface area (Å²) in [4.78, 5) is 28.6. The van der Waals surface area contributed by atoms with Gasteiger partial charge in [-0.3, -0.25) is 14.5 Å². The lowest BCUT2D eigenvalue weighted by Gasteiger charge is -2.27. The number of nitrogens with zero attached hydrogens (tertiary/aromatic N) is 2. The summed E-state index contributed by atoms with van der Waals surface area (Å²) in [6.45, 7) is 1.09. The van der Waals surface area contributed by atoms with Gasteiger partial charge in [0.25, 0.3) is 0 Å². The van der Waals surface area contributed by atoms with Crippen molar-refractivity contribution in [1.82, 2.24) is 9.80 Å². The highest BCUT2D eigenvalue weighted by molar-refractivity contribution is 6.31. The zero-order chi connectivity index (χ0) is 20.8. The van der Waals surface area contributed by atoms with Gasteiger partial charge in [0.2, 0.25) is 11.8 Å². The first kappa shape index (κ1) is 21.1. The van der Waals surface area contributed by atoms with Crippen LogP contribution in [0.2, 0.25) is 5.02 Å². The number of likely N-dealkylation sites (tertiary alicyclic amines) is 1. The number of methoxy groups -OCH3 is 1. The van der Waals surface area contributed by atoms with Crippen molar-refractivity contribution in [3.05, 3.63) is 59.1 Å². The molecule has 2 amide bonds. The Morgan fingerprint density at radius 1 is 1.24 bits per heavy atom. The van der Waals surface area contributed by atoms with E-state index in [2.05, 4.69) is 10.2 Å². The molecule has 1 heterocycles. The standard InChI is InChI=1S/C22H26ClN3O3/c1-25(14-21(27)24-16-7-5-8-17(13-16)29-2)22(28)15-26-12-6-11-20(26)18-9-3-4-10-19(18)23/h3-5,7-10,13,20H,6,11-12,14-15H2,1-2H3,(H,24,27). The van der Waals surface area contributed by atoms with Gasteiger partial charge in [-0.15, -0.1) is 0 Å². The third-order valence-corrected chi connectivity index (χ3v) is 5.47. The van der Waals surface area contributed by atoms with Gasteiger partial charge in [0, 0.05) is 29.9 Å². The summed E-state index contributed by atoms with van der Waals surface area (Å²) in [5.41, 5.74) is 1.69. The molecule has 3 rings (SSSR count). The molecular weight excluding hydrogens is 390 g/mol. The number of carbonyl (C=O) groups excluding carboxylic acids is 2. The van der Waals surface area contributed by atoms with Crippen molar-refractivity contribution in [2.75, 3.05) is 39.1 Å². The molecule has 29 heavy (non-hydrogen) atoms. The SMILES string of the molecule is COc1cccc(NC(=O)CN(C)C(=O)CN2CCCC2c2ccccc2Cl)c1. The largest absolute Gasteiger partial charge is 0.497 e. The predicted molar refractivity (Wildman–Crippen MR) is 114 cm³/mol. The minimum atomic E-state index is -0.252. The quantitative estimate of drug-likeness (QED) is 0.750. The van der Waals surface area contributed by atoms with Gasteiger partial charge in [-0.25, -0.2) is 0 Å². The molecule has 0 aromatic heterocycles. The Labute approximate surface area is 176 Å². The van der Waals surface area contributed by atoms with Gasteiger partial charge in [0.1, 0.15) is 5.75 Å². The van der Waals surface area contributed by atoms with Gasteiger partial charge in [-0.1, -0.05) is 35.9 Å². The van der Waals surface area contributed by atoms with Crippen LogP contribution < -0.4 is 10.1 Å². The molecule has 1 N–H and O–H groups in total. The summed E-state index contributed by atoms with van der Waals surface area (Å²) in [7, 11) is 3.22. The molecule has 0 spiro atoms. The lowest BCUT2D eigenvalue weighted by molar-refractivity contribution is -0.134. The number of benzene rings is 2. The molecule has 1 unspecified atom stereocenters. The number of carbonyl (C=O) groups is 2. The molecule has 7 heteroatoms. The second kappa shape index (κ2) is 9.76. The van der Waals surface area contributed by atoms with E-state index in [9.17, 15) is 9.59 Å². The number of hydrogen-bond donors (Lipinski definition) is 1. The van der Waals surface area contributed by atoms with Crippen LogP contribution >= 0.6 is 11.6 Å². The van der Waals surface area contributed by atoms with E-state index >= 15 is 0 Å². The van der Waals surface area contributed by atoms with E-state index in [1.807, 2.05) is 24.3 Å². The molecule has 0 aliphatic carbocycles. The van der Waals surface area contributed by atoms with Crippen LogP contribution in [0.1, 0.15) is 24.4 Å². The van der Waals surface area contributed by atoms with E-state index in [4.69, 9.17) is 16.3 Å². The van der Waals surface area contributed by atoms with Gasteiger partial charge in [-0.2, -0.15) is 0 Å². The van der Waals surface area contributed by atoms with Crippen LogP contribution in [0, 0.1) is 0 Å². The second-order valence-corrected chi connectivity index (χ2v) is 7.59. The fourth-order valence-electron chi connectivity index (χ4n) is 3.61. The summed E-state index contributed by atoms with van der Waals surface area (Å²) >= 11 is 6.35. The van der Waals surface area contributed by atoms with E-state index in [0.717, 1.165) is 30.0 Å². The molecule has 6 nitrogen and oxygen atoms in total. The van der Waals surface area contributed by atoms with Gasteiger partial charge in [-0.05, 0) is 43.1 Å². The lowest BCUT2D eigenvalue weighted by Crippen LogP contribution is -2.41. The Balaban J connectivity index is 1.55. The number of amides is 2. The highest BCUT2D eigenvalue weighted by Crippen LogP contribution is 2.35. The summed E-state index contributed by atoms with van der Waals surface area (Å²) in [6.07, 6.45) is 1.99. The van der Waals surface area contributed by atoms with Crippen molar-refractivity contribution in [2.45, 2.75) is 18.9 Å². The van der Waals surface area contributed by atoms with Gasteiger partial charge in [0.05, 0.1) is 20.2 Å². The van der Waals surface area contributed by atoms with Crippen molar-refractivity contribution >= 4 is 29.1 Å². The van der Waals surface area contributed by atoms with Crippen LogP contribution in [0.25, 0.3) is 0 Å². The zero-order valence-corrected chi connectivity index (χ0v) is 17.5. The molecule has 1 fully saturated rings. The minimum Gasteiger partial charge on any atom is -0.497 e. The maximum Gasteiger partial charge on any atom is 0.243 e. The fraction of sp³-hybridized carbons (Fsp3) is 0.364. The van der Waals surface area contributed by atoms with Gasteiger partial charge in [0.15, 0.2) is 0 Å². The van der Waals surface area contributed by atoms with E-state index in [0.29, 0.717) is 11.4 Å². The van der Waals surface area contributed by atoms with Crippen LogP contribution in [-0.2, 0) is 9.59 Å². The fourth-order valence-corrected chi connectivity index (χ4v) is 3.87. The maximum absolute atomic E-state index is 12.7. The molecule has 1 aliphatic heterocycles. The molecule has 1 aliphatic rings. The van der Waals surface area contributed by atoms with E-state index in [1.54, 1.807) is 38.4 Å². The highest BCUT2D eigenvalue weighted by atomic mass is 35.5. The van der Waals surface area contributed by atoms with Crippen molar-refractivity contribution in [3.63, 3.8) is 0 Å². The summed E-state index contributed by atoms with van der Waals surface area (Å²) in [5, 5.41) is 3.52.